The Kier molecular flexibility index (Phi) is 5.45. The maximum absolute atomic E-state index is 12.1. The van der Waals surface area contributed by atoms with E-state index >= 15 is 0 Å². The minimum absolute atomic E-state index is 0.219. The summed E-state index contributed by atoms with van der Waals surface area (Å²) in [5, 5.41) is 12.0. The number of aromatic nitrogens is 2. The SMILES string of the molecule is CCNc1nnc(SCC(=O)N2CCCC(C)C2)s1. The molecule has 0 saturated carbocycles. The molecule has 106 valence electrons. The molecule has 1 aliphatic heterocycles. The Bertz CT molecular complexity index is 424. The van der Waals surface area contributed by atoms with Crippen LogP contribution in [-0.4, -0.2) is 46.4 Å². The van der Waals surface area contributed by atoms with Gasteiger partial charge < -0.3 is 10.2 Å². The summed E-state index contributed by atoms with van der Waals surface area (Å²) in [5.41, 5.74) is 0. The molecule has 2 rings (SSSR count). The van der Waals surface area contributed by atoms with Crippen molar-refractivity contribution in [3.05, 3.63) is 0 Å². The van der Waals surface area contributed by atoms with Crippen molar-refractivity contribution in [1.82, 2.24) is 15.1 Å². The maximum atomic E-state index is 12.1. The summed E-state index contributed by atoms with van der Waals surface area (Å²) < 4.78 is 0.856. The molecule has 1 amide bonds. The van der Waals surface area contributed by atoms with Gasteiger partial charge in [0.05, 0.1) is 5.75 Å². The van der Waals surface area contributed by atoms with Gasteiger partial charge in [-0.25, -0.2) is 0 Å². The van der Waals surface area contributed by atoms with Gasteiger partial charge in [-0.2, -0.15) is 0 Å². The van der Waals surface area contributed by atoms with Crippen molar-refractivity contribution >= 4 is 34.1 Å². The van der Waals surface area contributed by atoms with E-state index in [-0.39, 0.29) is 5.91 Å². The van der Waals surface area contributed by atoms with Crippen LogP contribution in [0.3, 0.4) is 0 Å². The van der Waals surface area contributed by atoms with Crippen molar-refractivity contribution < 1.29 is 4.79 Å². The zero-order valence-corrected chi connectivity index (χ0v) is 13.0. The second kappa shape index (κ2) is 7.09. The van der Waals surface area contributed by atoms with Gasteiger partial charge in [-0.05, 0) is 25.7 Å². The molecule has 0 aliphatic carbocycles. The quantitative estimate of drug-likeness (QED) is 0.846. The molecule has 0 radical (unpaired) electrons. The van der Waals surface area contributed by atoms with Gasteiger partial charge in [0, 0.05) is 19.6 Å². The highest BCUT2D eigenvalue weighted by atomic mass is 32.2. The van der Waals surface area contributed by atoms with Crippen LogP contribution in [0.1, 0.15) is 26.7 Å². The minimum Gasteiger partial charge on any atom is -0.360 e. The van der Waals surface area contributed by atoms with E-state index in [0.29, 0.717) is 11.7 Å². The van der Waals surface area contributed by atoms with Crippen molar-refractivity contribution in [2.75, 3.05) is 30.7 Å². The summed E-state index contributed by atoms with van der Waals surface area (Å²) in [6.45, 7) is 6.87. The first kappa shape index (κ1) is 14.6. The van der Waals surface area contributed by atoms with Crippen LogP contribution in [0, 0.1) is 5.92 Å². The van der Waals surface area contributed by atoms with Crippen LogP contribution < -0.4 is 5.32 Å². The molecule has 1 unspecified atom stereocenters. The van der Waals surface area contributed by atoms with Crippen LogP contribution in [0.4, 0.5) is 5.13 Å². The number of hydrogen-bond acceptors (Lipinski definition) is 6. The Morgan fingerprint density at radius 1 is 1.58 bits per heavy atom. The fourth-order valence-electron chi connectivity index (χ4n) is 2.12. The standard InChI is InChI=1S/C12H20N4OS2/c1-3-13-11-14-15-12(19-11)18-8-10(17)16-6-4-5-9(2)7-16/h9H,3-8H2,1-2H3,(H,13,14). The first-order valence-corrected chi connectivity index (χ1v) is 8.47. The van der Waals surface area contributed by atoms with Gasteiger partial charge in [0.1, 0.15) is 0 Å². The third-order valence-corrected chi connectivity index (χ3v) is 5.06. The number of carbonyl (C=O) groups excluding carboxylic acids is 1. The van der Waals surface area contributed by atoms with E-state index in [1.165, 1.54) is 29.5 Å². The maximum Gasteiger partial charge on any atom is 0.233 e. The Labute approximate surface area is 122 Å². The number of hydrogen-bond donors (Lipinski definition) is 1. The van der Waals surface area contributed by atoms with E-state index in [1.807, 2.05) is 11.8 Å². The lowest BCUT2D eigenvalue weighted by molar-refractivity contribution is -0.130. The molecule has 0 spiro atoms. The molecule has 1 aromatic heterocycles. The molecule has 1 aliphatic rings. The Hall–Kier alpha value is -0.820. The van der Waals surface area contributed by atoms with Gasteiger partial charge in [0.2, 0.25) is 11.0 Å². The number of nitrogens with zero attached hydrogens (tertiary/aromatic N) is 3. The summed E-state index contributed by atoms with van der Waals surface area (Å²) in [6, 6.07) is 0. The summed E-state index contributed by atoms with van der Waals surface area (Å²) >= 11 is 2.99. The van der Waals surface area contributed by atoms with Crippen molar-refractivity contribution in [2.45, 2.75) is 31.0 Å². The monoisotopic (exact) mass is 300 g/mol. The van der Waals surface area contributed by atoms with E-state index in [2.05, 4.69) is 22.4 Å². The first-order valence-electron chi connectivity index (χ1n) is 6.67. The first-order chi connectivity index (χ1) is 9.19. The Morgan fingerprint density at radius 2 is 2.42 bits per heavy atom. The van der Waals surface area contributed by atoms with E-state index in [0.717, 1.165) is 35.5 Å². The second-order valence-electron chi connectivity index (χ2n) is 4.78. The number of anilines is 1. The average molecular weight is 300 g/mol. The number of likely N-dealkylation sites (tertiary alicyclic amines) is 1. The van der Waals surface area contributed by atoms with E-state index in [9.17, 15) is 4.79 Å². The van der Waals surface area contributed by atoms with Gasteiger partial charge in [-0.1, -0.05) is 30.0 Å². The zero-order valence-electron chi connectivity index (χ0n) is 11.4. The Balaban J connectivity index is 1.79. The van der Waals surface area contributed by atoms with Crippen molar-refractivity contribution in [3.63, 3.8) is 0 Å². The summed E-state index contributed by atoms with van der Waals surface area (Å²) in [4.78, 5) is 14.1. The summed E-state index contributed by atoms with van der Waals surface area (Å²) in [5.74, 6) is 1.31. The molecule has 1 atom stereocenters. The van der Waals surface area contributed by atoms with Gasteiger partial charge in [-0.15, -0.1) is 10.2 Å². The highest BCUT2D eigenvalue weighted by Crippen LogP contribution is 2.26. The van der Waals surface area contributed by atoms with Crippen molar-refractivity contribution in [2.24, 2.45) is 5.92 Å². The normalized spacial score (nSPS) is 19.5. The molecule has 5 nitrogen and oxygen atoms in total. The zero-order chi connectivity index (χ0) is 13.7. The molecule has 2 heterocycles. The van der Waals surface area contributed by atoms with Crippen molar-refractivity contribution in [3.8, 4) is 0 Å². The smallest absolute Gasteiger partial charge is 0.233 e. The summed E-state index contributed by atoms with van der Waals surface area (Å²) in [7, 11) is 0. The molecular weight excluding hydrogens is 280 g/mol. The highest BCUT2D eigenvalue weighted by Gasteiger charge is 2.21. The lowest BCUT2D eigenvalue weighted by Gasteiger charge is -2.30. The summed E-state index contributed by atoms with van der Waals surface area (Å²) in [6.07, 6.45) is 2.36. The number of nitrogens with one attached hydrogen (secondary N) is 1. The molecule has 0 aromatic carbocycles. The molecule has 1 saturated heterocycles. The van der Waals surface area contributed by atoms with Crippen LogP contribution in [0.5, 0.6) is 0 Å². The average Bonchev–Trinajstić information content (AvgIpc) is 2.84. The number of thioether (sulfide) groups is 1. The van der Waals surface area contributed by atoms with Crippen LogP contribution in [0.15, 0.2) is 4.34 Å². The lowest BCUT2D eigenvalue weighted by atomic mass is 10.0. The largest absolute Gasteiger partial charge is 0.360 e. The topological polar surface area (TPSA) is 58.1 Å². The van der Waals surface area contributed by atoms with Crippen LogP contribution in [0.25, 0.3) is 0 Å². The third kappa shape index (κ3) is 4.35. The highest BCUT2D eigenvalue weighted by molar-refractivity contribution is 8.01. The lowest BCUT2D eigenvalue weighted by Crippen LogP contribution is -2.40. The van der Waals surface area contributed by atoms with E-state index in [1.54, 1.807) is 0 Å². The molecular formula is C12H20N4OS2. The number of amides is 1. The van der Waals surface area contributed by atoms with Gasteiger partial charge in [-0.3, -0.25) is 4.79 Å². The minimum atomic E-state index is 0.219. The molecule has 1 N–H and O–H groups in total. The van der Waals surface area contributed by atoms with Crippen molar-refractivity contribution in [1.29, 1.82) is 0 Å². The Morgan fingerprint density at radius 3 is 3.16 bits per heavy atom. The van der Waals surface area contributed by atoms with Gasteiger partial charge in [0.25, 0.3) is 0 Å². The molecule has 7 heteroatoms. The second-order valence-corrected chi connectivity index (χ2v) is 6.98. The van der Waals surface area contributed by atoms with Crippen LogP contribution in [0.2, 0.25) is 0 Å². The fraction of sp³-hybridized carbons (Fsp3) is 0.750. The number of carbonyl (C=O) groups is 1. The van der Waals surface area contributed by atoms with Crippen LogP contribution >= 0.6 is 23.1 Å². The molecule has 1 fully saturated rings. The number of piperidine rings is 1. The number of rotatable bonds is 5. The molecule has 0 bridgehead atoms. The predicted molar refractivity (Wildman–Crippen MR) is 79.8 cm³/mol. The fourth-order valence-corrected chi connectivity index (χ4v) is 3.84. The molecule has 19 heavy (non-hydrogen) atoms. The predicted octanol–water partition coefficient (Wildman–Crippen LogP) is 2.32. The van der Waals surface area contributed by atoms with E-state index < -0.39 is 0 Å². The van der Waals surface area contributed by atoms with E-state index in [4.69, 9.17) is 0 Å². The third-order valence-electron chi connectivity index (χ3n) is 3.06. The molecule has 1 aromatic rings. The van der Waals surface area contributed by atoms with Gasteiger partial charge in [0.15, 0.2) is 4.34 Å². The van der Waals surface area contributed by atoms with Crippen LogP contribution in [-0.2, 0) is 4.79 Å². The van der Waals surface area contributed by atoms with Gasteiger partial charge >= 0.3 is 0 Å².